The predicted molar refractivity (Wildman–Crippen MR) is 133 cm³/mol. The first-order valence-corrected chi connectivity index (χ1v) is 11.5. The summed E-state index contributed by atoms with van der Waals surface area (Å²) >= 11 is 0. The van der Waals surface area contributed by atoms with E-state index >= 15 is 0 Å². The summed E-state index contributed by atoms with van der Waals surface area (Å²) in [5.41, 5.74) is 8.86. The number of rotatable bonds is 5. The fraction of sp³-hybridized carbons (Fsp3) is 0.370. The highest BCUT2D eigenvalue weighted by atomic mass is 16.2. The Hall–Kier alpha value is -2.69. The lowest BCUT2D eigenvalue weighted by molar-refractivity contribution is -0.117. The van der Waals surface area contributed by atoms with Crippen LogP contribution in [0.5, 0.6) is 0 Å². The van der Waals surface area contributed by atoms with E-state index in [-0.39, 0.29) is 5.91 Å². The van der Waals surface area contributed by atoms with Crippen molar-refractivity contribution in [2.45, 2.75) is 46.6 Å². The summed E-state index contributed by atoms with van der Waals surface area (Å²) in [6, 6.07) is 22.7. The molecule has 0 unspecified atom stereocenters. The van der Waals surface area contributed by atoms with E-state index in [0.29, 0.717) is 13.1 Å². The third kappa shape index (κ3) is 7.82. The largest absolute Gasteiger partial charge is 0.326 e. The van der Waals surface area contributed by atoms with E-state index in [1.807, 2.05) is 38.1 Å². The van der Waals surface area contributed by atoms with E-state index in [9.17, 15) is 4.79 Å². The first-order chi connectivity index (χ1) is 15.2. The number of benzene rings is 3. The van der Waals surface area contributed by atoms with Gasteiger partial charge in [-0.25, -0.2) is 0 Å². The number of hydrogen-bond donors (Lipinski definition) is 2. The highest BCUT2D eigenvalue weighted by Gasteiger charge is 2.14. The molecular weight excluding hydrogens is 382 g/mol. The maximum atomic E-state index is 11.8. The number of amides is 1. The number of aryl methyl sites for hydroxylation is 1. The van der Waals surface area contributed by atoms with E-state index < -0.39 is 0 Å². The summed E-state index contributed by atoms with van der Waals surface area (Å²) in [6.07, 6.45) is 3.52. The Labute approximate surface area is 187 Å². The SMILES string of the molecule is CC.CCc1cccc2ccccc12.NCc1cccc(NC(=O)CN2CCCC2)c1. The Morgan fingerprint density at radius 2 is 1.65 bits per heavy atom. The van der Waals surface area contributed by atoms with Crippen LogP contribution in [0.2, 0.25) is 0 Å². The molecule has 3 aromatic carbocycles. The van der Waals surface area contributed by atoms with Gasteiger partial charge in [0.25, 0.3) is 0 Å². The van der Waals surface area contributed by atoms with E-state index in [0.717, 1.165) is 30.8 Å². The molecule has 1 fully saturated rings. The molecule has 1 aliphatic rings. The summed E-state index contributed by atoms with van der Waals surface area (Å²) in [6.45, 7) is 9.26. The molecule has 0 bridgehead atoms. The molecule has 0 atom stereocenters. The van der Waals surface area contributed by atoms with Crippen LogP contribution in [0.1, 0.15) is 44.7 Å². The molecule has 166 valence electrons. The van der Waals surface area contributed by atoms with Crippen molar-refractivity contribution in [1.82, 2.24) is 4.90 Å². The normalized spacial score (nSPS) is 13.0. The molecule has 1 heterocycles. The van der Waals surface area contributed by atoms with Gasteiger partial charge in [0.1, 0.15) is 0 Å². The number of nitrogens with two attached hydrogens (primary N) is 1. The molecule has 0 aliphatic carbocycles. The molecule has 4 rings (SSSR count). The Bertz CT molecular complexity index is 927. The van der Waals surface area contributed by atoms with Crippen molar-refractivity contribution in [2.75, 3.05) is 25.0 Å². The number of fused-ring (bicyclic) bond motifs is 1. The smallest absolute Gasteiger partial charge is 0.238 e. The van der Waals surface area contributed by atoms with Crippen LogP contribution in [-0.4, -0.2) is 30.4 Å². The van der Waals surface area contributed by atoms with Gasteiger partial charge < -0.3 is 11.1 Å². The lowest BCUT2D eigenvalue weighted by Crippen LogP contribution is -2.30. The number of anilines is 1. The van der Waals surface area contributed by atoms with Crippen molar-refractivity contribution in [3.63, 3.8) is 0 Å². The molecule has 1 amide bonds. The Morgan fingerprint density at radius 3 is 2.35 bits per heavy atom. The third-order valence-electron chi connectivity index (χ3n) is 5.27. The fourth-order valence-corrected chi connectivity index (χ4v) is 3.72. The number of carbonyl (C=O) groups is 1. The molecule has 3 N–H and O–H groups in total. The number of nitrogens with one attached hydrogen (secondary N) is 1. The fourth-order valence-electron chi connectivity index (χ4n) is 3.72. The minimum Gasteiger partial charge on any atom is -0.326 e. The quantitative estimate of drug-likeness (QED) is 0.565. The third-order valence-corrected chi connectivity index (χ3v) is 5.27. The first-order valence-electron chi connectivity index (χ1n) is 11.5. The highest BCUT2D eigenvalue weighted by Crippen LogP contribution is 2.18. The first kappa shape index (κ1) is 24.6. The Morgan fingerprint density at radius 1 is 0.968 bits per heavy atom. The van der Waals surface area contributed by atoms with Crippen LogP contribution in [-0.2, 0) is 17.8 Å². The van der Waals surface area contributed by atoms with Crippen molar-refractivity contribution >= 4 is 22.4 Å². The summed E-state index contributed by atoms with van der Waals surface area (Å²) < 4.78 is 0. The van der Waals surface area contributed by atoms with Gasteiger partial charge in [0.2, 0.25) is 5.91 Å². The van der Waals surface area contributed by atoms with Crippen LogP contribution in [0.25, 0.3) is 10.8 Å². The molecule has 3 aromatic rings. The average Bonchev–Trinajstić information content (AvgIpc) is 3.33. The number of hydrogen-bond acceptors (Lipinski definition) is 3. The number of likely N-dealkylation sites (tertiary alicyclic amines) is 1. The molecule has 4 heteroatoms. The molecule has 31 heavy (non-hydrogen) atoms. The Kier molecular flexibility index (Phi) is 10.8. The summed E-state index contributed by atoms with van der Waals surface area (Å²) in [5, 5.41) is 5.64. The molecule has 4 nitrogen and oxygen atoms in total. The molecule has 1 saturated heterocycles. The van der Waals surface area contributed by atoms with Crippen LogP contribution in [0.15, 0.2) is 66.7 Å². The van der Waals surface area contributed by atoms with Crippen molar-refractivity contribution in [3.05, 3.63) is 77.9 Å². The van der Waals surface area contributed by atoms with Crippen LogP contribution in [0.4, 0.5) is 5.69 Å². The van der Waals surface area contributed by atoms with Gasteiger partial charge in [-0.2, -0.15) is 0 Å². The van der Waals surface area contributed by atoms with E-state index in [1.165, 1.54) is 29.2 Å². The molecule has 1 aliphatic heterocycles. The predicted octanol–water partition coefficient (Wildman–Crippen LogP) is 5.61. The summed E-state index contributed by atoms with van der Waals surface area (Å²) in [7, 11) is 0. The standard InChI is InChI=1S/C13H19N3O.C12H12.C2H6/c14-9-11-4-3-5-12(8-11)15-13(17)10-16-6-1-2-7-16;1-2-10-7-5-8-11-6-3-4-9-12(10)11;1-2/h3-5,8H,1-2,6-7,9-10,14H2,(H,15,17);3-9H,2H2,1H3;1-2H3. The topological polar surface area (TPSA) is 58.4 Å². The van der Waals surface area contributed by atoms with Crippen LogP contribution < -0.4 is 11.1 Å². The summed E-state index contributed by atoms with van der Waals surface area (Å²) in [5.74, 6) is 0.0565. The van der Waals surface area contributed by atoms with Gasteiger partial charge in [-0.05, 0) is 66.4 Å². The maximum Gasteiger partial charge on any atom is 0.238 e. The van der Waals surface area contributed by atoms with Crippen LogP contribution in [0, 0.1) is 0 Å². The molecule has 0 radical (unpaired) electrons. The molecule has 0 aromatic heterocycles. The number of nitrogens with zero attached hydrogens (tertiary/aromatic N) is 1. The highest BCUT2D eigenvalue weighted by molar-refractivity contribution is 5.92. The van der Waals surface area contributed by atoms with Crippen LogP contribution in [0.3, 0.4) is 0 Å². The zero-order chi connectivity index (χ0) is 22.5. The van der Waals surface area contributed by atoms with Crippen molar-refractivity contribution in [2.24, 2.45) is 5.73 Å². The second-order valence-electron chi connectivity index (χ2n) is 7.43. The van der Waals surface area contributed by atoms with Crippen molar-refractivity contribution in [1.29, 1.82) is 0 Å². The summed E-state index contributed by atoms with van der Waals surface area (Å²) in [4.78, 5) is 14.0. The molecule has 0 saturated carbocycles. The zero-order valence-electron chi connectivity index (χ0n) is 19.2. The van der Waals surface area contributed by atoms with Gasteiger partial charge in [0.15, 0.2) is 0 Å². The lowest BCUT2D eigenvalue weighted by atomic mass is 10.0. The van der Waals surface area contributed by atoms with Gasteiger partial charge in [-0.1, -0.05) is 75.4 Å². The maximum absolute atomic E-state index is 11.8. The van der Waals surface area contributed by atoms with Gasteiger partial charge in [0.05, 0.1) is 6.54 Å². The van der Waals surface area contributed by atoms with Gasteiger partial charge >= 0.3 is 0 Å². The molecule has 0 spiro atoms. The average molecular weight is 420 g/mol. The van der Waals surface area contributed by atoms with E-state index in [4.69, 9.17) is 5.73 Å². The molecular formula is C27H37N3O. The van der Waals surface area contributed by atoms with Crippen LogP contribution >= 0.6 is 0 Å². The van der Waals surface area contributed by atoms with Crippen molar-refractivity contribution < 1.29 is 4.79 Å². The minimum absolute atomic E-state index is 0.0565. The zero-order valence-corrected chi connectivity index (χ0v) is 19.2. The second kappa shape index (κ2) is 13.6. The minimum atomic E-state index is 0.0565. The van der Waals surface area contributed by atoms with Crippen molar-refractivity contribution in [3.8, 4) is 0 Å². The van der Waals surface area contributed by atoms with Gasteiger partial charge in [-0.3, -0.25) is 9.69 Å². The lowest BCUT2D eigenvalue weighted by Gasteiger charge is -2.14. The second-order valence-corrected chi connectivity index (χ2v) is 7.43. The number of carbonyl (C=O) groups excluding carboxylic acids is 1. The van der Waals surface area contributed by atoms with E-state index in [2.05, 4.69) is 59.6 Å². The Balaban J connectivity index is 0.000000214. The van der Waals surface area contributed by atoms with Gasteiger partial charge in [0, 0.05) is 12.2 Å². The van der Waals surface area contributed by atoms with E-state index in [1.54, 1.807) is 0 Å². The monoisotopic (exact) mass is 419 g/mol. The van der Waals surface area contributed by atoms with Gasteiger partial charge in [-0.15, -0.1) is 0 Å².